The van der Waals surface area contributed by atoms with Crippen molar-refractivity contribution >= 4 is 40.8 Å². The lowest BCUT2D eigenvalue weighted by Crippen LogP contribution is -2.26. The zero-order valence-electron chi connectivity index (χ0n) is 13.8. The van der Waals surface area contributed by atoms with Gasteiger partial charge in [0, 0.05) is 33.7 Å². The molecule has 3 rings (SSSR count). The first-order valence-corrected chi connectivity index (χ1v) is 8.57. The molecule has 0 saturated heterocycles. The van der Waals surface area contributed by atoms with Crippen molar-refractivity contribution in [2.24, 2.45) is 0 Å². The number of ether oxygens (including phenoxy) is 1. The van der Waals surface area contributed by atoms with Crippen molar-refractivity contribution in [2.45, 2.75) is 6.10 Å². The van der Waals surface area contributed by atoms with Gasteiger partial charge in [0.25, 0.3) is 5.91 Å². The van der Waals surface area contributed by atoms with Crippen LogP contribution in [0.1, 0.15) is 22.2 Å². The van der Waals surface area contributed by atoms with E-state index in [2.05, 4.69) is 15.3 Å². The van der Waals surface area contributed by atoms with Crippen LogP contribution in [0.2, 0.25) is 10.0 Å². The molecule has 27 heavy (non-hydrogen) atoms. The minimum absolute atomic E-state index is 0.00275. The maximum Gasteiger partial charge on any atom is 0.359 e. The summed E-state index contributed by atoms with van der Waals surface area (Å²) in [6, 6.07) is 13.2. The van der Waals surface area contributed by atoms with E-state index in [1.165, 1.54) is 30.7 Å². The second-order valence-electron chi connectivity index (χ2n) is 5.43. The molecule has 0 bridgehead atoms. The topological polar surface area (TPSA) is 81.2 Å². The number of esters is 1. The van der Waals surface area contributed by atoms with Gasteiger partial charge in [-0.2, -0.15) is 0 Å². The van der Waals surface area contributed by atoms with Crippen molar-refractivity contribution in [3.05, 3.63) is 88.4 Å². The van der Waals surface area contributed by atoms with Crippen LogP contribution in [-0.4, -0.2) is 21.8 Å². The van der Waals surface area contributed by atoms with Gasteiger partial charge in [-0.15, -0.1) is 0 Å². The molecule has 136 valence electrons. The maximum atomic E-state index is 12.8. The number of amides is 1. The van der Waals surface area contributed by atoms with Gasteiger partial charge in [-0.3, -0.25) is 9.78 Å². The summed E-state index contributed by atoms with van der Waals surface area (Å²) >= 11 is 11.9. The molecule has 0 unspecified atom stereocenters. The molecule has 0 aliphatic carbocycles. The van der Waals surface area contributed by atoms with E-state index >= 15 is 0 Å². The monoisotopic (exact) mass is 401 g/mol. The normalized spacial score (nSPS) is 11.5. The molecule has 3 aromatic rings. The molecule has 6 nitrogen and oxygen atoms in total. The molecule has 0 spiro atoms. The fourth-order valence-electron chi connectivity index (χ4n) is 2.31. The first kappa shape index (κ1) is 18.8. The standard InChI is InChI=1S/C19H13Cl2N3O3/c20-13-8-14(21)10-15(9-13)24-18(25)17(12-4-2-1-3-5-12)27-19(26)16-11-22-6-7-23-16/h1-11,17H,(H,24,25)/t17-/m1/s1. The van der Waals surface area contributed by atoms with Gasteiger partial charge in [0.05, 0.1) is 6.20 Å². The smallest absolute Gasteiger partial charge is 0.359 e. The Kier molecular flexibility index (Phi) is 6.01. The fourth-order valence-corrected chi connectivity index (χ4v) is 2.83. The summed E-state index contributed by atoms with van der Waals surface area (Å²) < 4.78 is 5.40. The maximum absolute atomic E-state index is 12.8. The van der Waals surface area contributed by atoms with E-state index < -0.39 is 18.0 Å². The summed E-state index contributed by atoms with van der Waals surface area (Å²) in [6.45, 7) is 0. The molecule has 0 saturated carbocycles. The molecule has 1 aromatic heterocycles. The van der Waals surface area contributed by atoms with Crippen molar-refractivity contribution in [1.29, 1.82) is 0 Å². The van der Waals surface area contributed by atoms with Crippen LogP contribution >= 0.6 is 23.2 Å². The summed E-state index contributed by atoms with van der Waals surface area (Å²) in [7, 11) is 0. The lowest BCUT2D eigenvalue weighted by atomic mass is 10.1. The van der Waals surface area contributed by atoms with E-state index in [1.54, 1.807) is 36.4 Å². The molecule has 0 aliphatic rings. The number of rotatable bonds is 5. The summed E-state index contributed by atoms with van der Waals surface area (Å²) in [6.07, 6.45) is 2.86. The second kappa shape index (κ2) is 8.62. The van der Waals surface area contributed by atoms with Crippen molar-refractivity contribution in [1.82, 2.24) is 9.97 Å². The Labute approximate surface area is 165 Å². The second-order valence-corrected chi connectivity index (χ2v) is 6.31. The molecular weight excluding hydrogens is 389 g/mol. The van der Waals surface area contributed by atoms with Crippen LogP contribution in [-0.2, 0) is 9.53 Å². The van der Waals surface area contributed by atoms with E-state index in [0.29, 0.717) is 21.3 Å². The largest absolute Gasteiger partial charge is 0.443 e. The summed E-state index contributed by atoms with van der Waals surface area (Å²) in [5.74, 6) is -1.33. The van der Waals surface area contributed by atoms with Crippen molar-refractivity contribution in [2.75, 3.05) is 5.32 Å². The Morgan fingerprint density at radius 3 is 2.33 bits per heavy atom. The zero-order valence-corrected chi connectivity index (χ0v) is 15.3. The predicted octanol–water partition coefficient (Wildman–Crippen LogP) is 4.32. The van der Waals surface area contributed by atoms with Gasteiger partial charge in [0.2, 0.25) is 6.10 Å². The first-order chi connectivity index (χ1) is 13.0. The molecule has 1 N–H and O–H groups in total. The average molecular weight is 402 g/mol. The van der Waals surface area contributed by atoms with Crippen LogP contribution in [0.5, 0.6) is 0 Å². The van der Waals surface area contributed by atoms with Crippen LogP contribution in [0.4, 0.5) is 5.69 Å². The summed E-state index contributed by atoms with van der Waals surface area (Å²) in [4.78, 5) is 32.9. The first-order valence-electron chi connectivity index (χ1n) is 7.82. The van der Waals surface area contributed by atoms with E-state index in [1.807, 2.05) is 0 Å². The Morgan fingerprint density at radius 1 is 1.00 bits per heavy atom. The molecule has 0 aliphatic heterocycles. The number of carbonyl (C=O) groups excluding carboxylic acids is 2. The molecule has 8 heteroatoms. The molecule has 0 radical (unpaired) electrons. The number of aromatic nitrogens is 2. The average Bonchev–Trinajstić information content (AvgIpc) is 2.66. The number of hydrogen-bond acceptors (Lipinski definition) is 5. The van der Waals surface area contributed by atoms with Crippen LogP contribution in [0.3, 0.4) is 0 Å². The number of carbonyl (C=O) groups is 2. The van der Waals surface area contributed by atoms with E-state index in [4.69, 9.17) is 27.9 Å². The van der Waals surface area contributed by atoms with Crippen molar-refractivity contribution in [3.8, 4) is 0 Å². The number of benzene rings is 2. The van der Waals surface area contributed by atoms with Crippen LogP contribution < -0.4 is 5.32 Å². The Hall–Kier alpha value is -2.96. The highest BCUT2D eigenvalue weighted by Crippen LogP contribution is 2.25. The lowest BCUT2D eigenvalue weighted by Gasteiger charge is -2.18. The van der Waals surface area contributed by atoms with Crippen molar-refractivity contribution in [3.63, 3.8) is 0 Å². The fraction of sp³-hybridized carbons (Fsp3) is 0.0526. The van der Waals surface area contributed by atoms with Gasteiger partial charge >= 0.3 is 5.97 Å². The number of halogens is 2. The van der Waals surface area contributed by atoms with Gasteiger partial charge < -0.3 is 10.1 Å². The van der Waals surface area contributed by atoms with Gasteiger partial charge in [0.15, 0.2) is 5.69 Å². The molecule has 1 heterocycles. The van der Waals surface area contributed by atoms with Gasteiger partial charge in [-0.05, 0) is 18.2 Å². The minimum Gasteiger partial charge on any atom is -0.443 e. The quantitative estimate of drug-likeness (QED) is 0.643. The van der Waals surface area contributed by atoms with Crippen LogP contribution in [0.15, 0.2) is 67.1 Å². The minimum atomic E-state index is -1.20. The number of nitrogens with zero attached hydrogens (tertiary/aromatic N) is 2. The highest BCUT2D eigenvalue weighted by molar-refractivity contribution is 6.35. The SMILES string of the molecule is O=C(O[C@@H](C(=O)Nc1cc(Cl)cc(Cl)c1)c1ccccc1)c1cnccn1. The highest BCUT2D eigenvalue weighted by atomic mass is 35.5. The Bertz CT molecular complexity index is 933. The third-order valence-electron chi connectivity index (χ3n) is 3.47. The van der Waals surface area contributed by atoms with Crippen LogP contribution in [0.25, 0.3) is 0 Å². The number of anilines is 1. The van der Waals surface area contributed by atoms with Gasteiger partial charge in [0.1, 0.15) is 0 Å². The zero-order chi connectivity index (χ0) is 19.2. The summed E-state index contributed by atoms with van der Waals surface area (Å²) in [5.41, 5.74) is 0.881. The molecular formula is C19H13Cl2N3O3. The number of nitrogens with one attached hydrogen (secondary N) is 1. The third-order valence-corrected chi connectivity index (χ3v) is 3.90. The molecule has 2 aromatic carbocycles. The summed E-state index contributed by atoms with van der Waals surface area (Å²) in [5, 5.41) is 3.39. The Balaban J connectivity index is 1.85. The Morgan fingerprint density at radius 2 is 1.70 bits per heavy atom. The number of hydrogen-bond donors (Lipinski definition) is 1. The molecule has 0 fully saturated rings. The van der Waals surface area contributed by atoms with Gasteiger partial charge in [-0.25, -0.2) is 9.78 Å². The molecule has 1 amide bonds. The van der Waals surface area contributed by atoms with Crippen molar-refractivity contribution < 1.29 is 14.3 Å². The molecule has 1 atom stereocenters. The van der Waals surface area contributed by atoms with E-state index in [-0.39, 0.29) is 5.69 Å². The van der Waals surface area contributed by atoms with E-state index in [9.17, 15) is 9.59 Å². The van der Waals surface area contributed by atoms with Crippen LogP contribution in [0, 0.1) is 0 Å². The lowest BCUT2D eigenvalue weighted by molar-refractivity contribution is -0.125. The third kappa shape index (κ3) is 5.03. The van der Waals surface area contributed by atoms with E-state index in [0.717, 1.165) is 0 Å². The van der Waals surface area contributed by atoms with Gasteiger partial charge in [-0.1, -0.05) is 53.5 Å². The predicted molar refractivity (Wildman–Crippen MR) is 102 cm³/mol. The highest BCUT2D eigenvalue weighted by Gasteiger charge is 2.26.